The van der Waals surface area contributed by atoms with E-state index < -0.39 is 0 Å². The highest BCUT2D eigenvalue weighted by Crippen LogP contribution is 2.38. The van der Waals surface area contributed by atoms with Crippen LogP contribution in [0.15, 0.2) is 35.2 Å². The molecule has 0 radical (unpaired) electrons. The van der Waals surface area contributed by atoms with Gasteiger partial charge in [-0.25, -0.2) is 9.97 Å². The Labute approximate surface area is 175 Å². The Morgan fingerprint density at radius 2 is 2.07 bits per heavy atom. The lowest BCUT2D eigenvalue weighted by atomic mass is 10.00. The Morgan fingerprint density at radius 3 is 2.77 bits per heavy atom. The first-order valence-corrected chi connectivity index (χ1v) is 10.2. The molecule has 4 rings (SSSR count). The molecule has 4 heterocycles. The highest BCUT2D eigenvalue weighted by molar-refractivity contribution is 5.96. The van der Waals surface area contributed by atoms with Crippen LogP contribution in [0.25, 0.3) is 11.1 Å². The molecule has 1 aliphatic rings. The molecule has 1 fully saturated rings. The van der Waals surface area contributed by atoms with Gasteiger partial charge in [-0.05, 0) is 43.9 Å². The Kier molecular flexibility index (Phi) is 5.48. The molecule has 8 nitrogen and oxygen atoms in total. The van der Waals surface area contributed by atoms with E-state index in [9.17, 15) is 4.79 Å². The Balaban J connectivity index is 1.79. The minimum absolute atomic E-state index is 0.0428. The number of aromatic nitrogens is 4. The van der Waals surface area contributed by atoms with E-state index in [1.54, 1.807) is 19.3 Å². The fourth-order valence-corrected chi connectivity index (χ4v) is 3.98. The topological polar surface area (TPSA) is 88.3 Å². The van der Waals surface area contributed by atoms with E-state index in [1.165, 1.54) is 0 Å². The number of carbonyl (C=O) groups excluding carboxylic acids is 1. The van der Waals surface area contributed by atoms with Crippen molar-refractivity contribution >= 4 is 11.9 Å². The fraction of sp³-hybridized carbons (Fsp3) is 0.409. The van der Waals surface area contributed by atoms with Gasteiger partial charge in [-0.1, -0.05) is 12.1 Å². The molecule has 3 aromatic rings. The van der Waals surface area contributed by atoms with Gasteiger partial charge in [0.1, 0.15) is 11.3 Å². The molecule has 0 aromatic carbocycles. The van der Waals surface area contributed by atoms with Crippen molar-refractivity contribution in [1.82, 2.24) is 25.0 Å². The van der Waals surface area contributed by atoms with Gasteiger partial charge in [-0.3, -0.25) is 9.78 Å². The molecular weight excluding hydrogens is 380 g/mol. The summed E-state index contributed by atoms with van der Waals surface area (Å²) in [7, 11) is 3.83. The zero-order chi connectivity index (χ0) is 21.3. The number of anilines is 1. The molecule has 8 heteroatoms. The second kappa shape index (κ2) is 8.22. The van der Waals surface area contributed by atoms with Gasteiger partial charge < -0.3 is 14.3 Å². The van der Waals surface area contributed by atoms with Crippen LogP contribution in [-0.2, 0) is 6.42 Å². The number of nitrogens with zero attached hydrogens (tertiary/aromatic N) is 6. The summed E-state index contributed by atoms with van der Waals surface area (Å²) in [6.45, 7) is 4.45. The Bertz CT molecular complexity index is 1050. The third kappa shape index (κ3) is 3.53. The average molecular weight is 406 g/mol. The maximum absolute atomic E-state index is 13.5. The van der Waals surface area contributed by atoms with Crippen molar-refractivity contribution in [2.75, 3.05) is 25.5 Å². The van der Waals surface area contributed by atoms with Crippen molar-refractivity contribution in [3.8, 4) is 11.1 Å². The van der Waals surface area contributed by atoms with Crippen molar-refractivity contribution in [1.29, 1.82) is 0 Å². The first-order valence-electron chi connectivity index (χ1n) is 10.2. The molecule has 3 aromatic heterocycles. The van der Waals surface area contributed by atoms with Gasteiger partial charge in [-0.2, -0.15) is 0 Å². The summed E-state index contributed by atoms with van der Waals surface area (Å²) in [5, 5.41) is 4.07. The standard InChI is InChI=1S/C22H26N6O2/c1-5-17-19(14(2)30-26-17)21(29)28-12-6-7-18(28)20-16(15-8-10-23-11-9-15)13-24-22(25-20)27(3)4/h8-11,13,18H,5-7,12H2,1-4H3. The Morgan fingerprint density at radius 1 is 1.30 bits per heavy atom. The van der Waals surface area contributed by atoms with Crippen LogP contribution >= 0.6 is 0 Å². The molecule has 156 valence electrons. The third-order valence-corrected chi connectivity index (χ3v) is 5.51. The van der Waals surface area contributed by atoms with Crippen LogP contribution in [0.2, 0.25) is 0 Å². The molecule has 0 spiro atoms. The summed E-state index contributed by atoms with van der Waals surface area (Å²) in [6.07, 6.45) is 7.77. The maximum Gasteiger partial charge on any atom is 0.259 e. The van der Waals surface area contributed by atoms with Gasteiger partial charge in [0.2, 0.25) is 5.95 Å². The quantitative estimate of drug-likeness (QED) is 0.641. The van der Waals surface area contributed by atoms with E-state index in [4.69, 9.17) is 9.51 Å². The minimum Gasteiger partial charge on any atom is -0.361 e. The molecule has 1 atom stereocenters. The molecule has 1 saturated heterocycles. The predicted molar refractivity (Wildman–Crippen MR) is 113 cm³/mol. The van der Waals surface area contributed by atoms with E-state index in [2.05, 4.69) is 15.1 Å². The number of carbonyl (C=O) groups is 1. The maximum atomic E-state index is 13.5. The number of rotatable bonds is 5. The summed E-state index contributed by atoms with van der Waals surface area (Å²) in [6, 6.07) is 3.75. The van der Waals surface area contributed by atoms with E-state index >= 15 is 0 Å². The van der Waals surface area contributed by atoms with Crippen LogP contribution in [0.4, 0.5) is 5.95 Å². The van der Waals surface area contributed by atoms with E-state index in [-0.39, 0.29) is 11.9 Å². The second-order valence-electron chi connectivity index (χ2n) is 7.67. The second-order valence-corrected chi connectivity index (χ2v) is 7.67. The number of hydrogen-bond donors (Lipinski definition) is 0. The van der Waals surface area contributed by atoms with Crippen LogP contribution in [-0.4, -0.2) is 51.6 Å². The number of likely N-dealkylation sites (tertiary alicyclic amines) is 1. The fourth-order valence-electron chi connectivity index (χ4n) is 3.98. The lowest BCUT2D eigenvalue weighted by molar-refractivity contribution is 0.0730. The van der Waals surface area contributed by atoms with Gasteiger partial charge in [0, 0.05) is 44.8 Å². The predicted octanol–water partition coefficient (Wildman–Crippen LogP) is 3.44. The monoisotopic (exact) mass is 406 g/mol. The molecule has 0 N–H and O–H groups in total. The number of hydrogen-bond acceptors (Lipinski definition) is 7. The molecule has 0 bridgehead atoms. The molecule has 30 heavy (non-hydrogen) atoms. The zero-order valence-electron chi connectivity index (χ0n) is 17.8. The summed E-state index contributed by atoms with van der Waals surface area (Å²) < 4.78 is 5.32. The van der Waals surface area contributed by atoms with E-state index in [0.717, 1.165) is 29.7 Å². The SMILES string of the molecule is CCc1noc(C)c1C(=O)N1CCCC1c1nc(N(C)C)ncc1-c1ccncc1. The molecular formula is C22H26N6O2. The van der Waals surface area contributed by atoms with E-state index in [1.807, 2.05) is 49.1 Å². The first kappa shape index (κ1) is 20.0. The highest BCUT2D eigenvalue weighted by atomic mass is 16.5. The number of aryl methyl sites for hydroxylation is 2. The van der Waals surface area contributed by atoms with Crippen molar-refractivity contribution < 1.29 is 9.32 Å². The van der Waals surface area contributed by atoms with Crippen molar-refractivity contribution in [3.63, 3.8) is 0 Å². The molecule has 0 aliphatic carbocycles. The van der Waals surface area contributed by atoms with Crippen LogP contribution in [0.3, 0.4) is 0 Å². The Hall–Kier alpha value is -3.29. The summed E-state index contributed by atoms with van der Waals surface area (Å²) >= 11 is 0. The minimum atomic E-state index is -0.138. The summed E-state index contributed by atoms with van der Waals surface area (Å²) in [4.78, 5) is 30.8. The lowest BCUT2D eigenvalue weighted by Gasteiger charge is -2.27. The molecule has 1 amide bonds. The molecule has 1 unspecified atom stereocenters. The van der Waals surface area contributed by atoms with Crippen LogP contribution < -0.4 is 4.90 Å². The normalized spacial score (nSPS) is 16.1. The number of amides is 1. The van der Waals surface area contributed by atoms with Crippen molar-refractivity contribution in [2.45, 2.75) is 39.2 Å². The van der Waals surface area contributed by atoms with E-state index in [0.29, 0.717) is 35.9 Å². The van der Waals surface area contributed by atoms with Crippen LogP contribution in [0.5, 0.6) is 0 Å². The van der Waals surface area contributed by atoms with Crippen LogP contribution in [0.1, 0.15) is 53.3 Å². The smallest absolute Gasteiger partial charge is 0.259 e. The summed E-state index contributed by atoms with van der Waals surface area (Å²) in [5.41, 5.74) is 4.05. The zero-order valence-corrected chi connectivity index (χ0v) is 17.8. The van der Waals surface area contributed by atoms with Gasteiger partial charge in [-0.15, -0.1) is 0 Å². The average Bonchev–Trinajstić information content (AvgIpc) is 3.40. The molecule has 1 aliphatic heterocycles. The van der Waals surface area contributed by atoms with Gasteiger partial charge in [0.25, 0.3) is 5.91 Å². The van der Waals surface area contributed by atoms with Crippen molar-refractivity contribution in [3.05, 3.63) is 53.4 Å². The van der Waals surface area contributed by atoms with Crippen molar-refractivity contribution in [2.24, 2.45) is 0 Å². The highest BCUT2D eigenvalue weighted by Gasteiger charge is 2.36. The van der Waals surface area contributed by atoms with Gasteiger partial charge in [0.05, 0.1) is 17.4 Å². The summed E-state index contributed by atoms with van der Waals surface area (Å²) in [5.74, 6) is 1.14. The third-order valence-electron chi connectivity index (χ3n) is 5.51. The van der Waals surface area contributed by atoms with Gasteiger partial charge in [0.15, 0.2) is 0 Å². The first-order chi connectivity index (χ1) is 14.5. The van der Waals surface area contributed by atoms with Gasteiger partial charge >= 0.3 is 0 Å². The number of pyridine rings is 1. The largest absolute Gasteiger partial charge is 0.361 e. The van der Waals surface area contributed by atoms with Crippen LogP contribution in [0, 0.1) is 6.92 Å². The molecule has 0 saturated carbocycles. The lowest BCUT2D eigenvalue weighted by Crippen LogP contribution is -2.32.